The van der Waals surface area contributed by atoms with Gasteiger partial charge in [0.25, 0.3) is 0 Å². The van der Waals surface area contributed by atoms with E-state index in [2.05, 4.69) is 23.7 Å². The smallest absolute Gasteiger partial charge is 0.0447 e. The van der Waals surface area contributed by atoms with Crippen LogP contribution >= 0.6 is 12.6 Å². The van der Waals surface area contributed by atoms with Gasteiger partial charge in [0, 0.05) is 17.2 Å². The van der Waals surface area contributed by atoms with Gasteiger partial charge in [-0.1, -0.05) is 6.08 Å². The van der Waals surface area contributed by atoms with Crippen LogP contribution in [0, 0.1) is 0 Å². The van der Waals surface area contributed by atoms with E-state index < -0.39 is 0 Å². The number of hydrogen-bond donors (Lipinski definition) is 1. The van der Waals surface area contributed by atoms with Crippen molar-refractivity contribution >= 4 is 18.3 Å². The summed E-state index contributed by atoms with van der Waals surface area (Å²) < 4.78 is 0. The third-order valence-corrected chi connectivity index (χ3v) is 1.69. The van der Waals surface area contributed by atoms with E-state index in [0.717, 1.165) is 23.6 Å². The molecule has 0 saturated heterocycles. The second-order valence-corrected chi connectivity index (χ2v) is 2.33. The summed E-state index contributed by atoms with van der Waals surface area (Å²) >= 11 is 4.19. The Morgan fingerprint density at radius 3 is 2.88 bits per heavy atom. The molecule has 0 atom stereocenters. The SMILES string of the molecule is CC1=NCCC=C1S. The number of dihydropyridines is 1. The molecular weight excluding hydrogens is 118 g/mol. The van der Waals surface area contributed by atoms with Crippen molar-refractivity contribution in [1.82, 2.24) is 0 Å². The van der Waals surface area contributed by atoms with Crippen LogP contribution in [-0.4, -0.2) is 12.3 Å². The van der Waals surface area contributed by atoms with Crippen molar-refractivity contribution in [2.45, 2.75) is 13.3 Å². The fourth-order valence-electron chi connectivity index (χ4n) is 0.662. The molecule has 0 aromatic heterocycles. The fraction of sp³-hybridized carbons (Fsp3) is 0.500. The normalized spacial score (nSPS) is 19.8. The van der Waals surface area contributed by atoms with Crippen LogP contribution in [0.4, 0.5) is 0 Å². The Kier molecular flexibility index (Phi) is 1.73. The van der Waals surface area contributed by atoms with E-state index in [9.17, 15) is 0 Å². The predicted octanol–water partition coefficient (Wildman–Crippen LogP) is 1.66. The van der Waals surface area contributed by atoms with Crippen molar-refractivity contribution in [3.63, 3.8) is 0 Å². The molecule has 0 aromatic rings. The minimum atomic E-state index is 0.940. The Bertz CT molecular complexity index is 129. The summed E-state index contributed by atoms with van der Waals surface area (Å²) in [7, 11) is 0. The maximum absolute atomic E-state index is 4.19. The molecule has 1 aliphatic heterocycles. The van der Waals surface area contributed by atoms with Crippen molar-refractivity contribution in [1.29, 1.82) is 0 Å². The summed E-state index contributed by atoms with van der Waals surface area (Å²) in [5.74, 6) is 0. The highest BCUT2D eigenvalue weighted by atomic mass is 32.1. The minimum Gasteiger partial charge on any atom is -0.289 e. The summed E-state index contributed by atoms with van der Waals surface area (Å²) in [6.45, 7) is 2.92. The first kappa shape index (κ1) is 5.89. The standard InChI is InChI=1S/C6H9NS/c1-5-6(8)3-2-4-7-5/h3,8H,2,4H2,1H3. The maximum Gasteiger partial charge on any atom is 0.0447 e. The third kappa shape index (κ3) is 1.13. The monoisotopic (exact) mass is 127 g/mol. The molecule has 1 nitrogen and oxygen atoms in total. The molecule has 1 rings (SSSR count). The van der Waals surface area contributed by atoms with Gasteiger partial charge in [0.2, 0.25) is 0 Å². The maximum atomic E-state index is 4.19. The second-order valence-electron chi connectivity index (χ2n) is 1.85. The Morgan fingerprint density at radius 1 is 1.75 bits per heavy atom. The Morgan fingerprint density at radius 2 is 2.50 bits per heavy atom. The lowest BCUT2D eigenvalue weighted by Crippen LogP contribution is -1.98. The van der Waals surface area contributed by atoms with Crippen LogP contribution in [0.25, 0.3) is 0 Å². The number of thiol groups is 1. The first-order chi connectivity index (χ1) is 3.80. The molecule has 0 amide bonds. The highest BCUT2D eigenvalue weighted by Crippen LogP contribution is 2.09. The molecule has 8 heavy (non-hydrogen) atoms. The van der Waals surface area contributed by atoms with Gasteiger partial charge < -0.3 is 0 Å². The van der Waals surface area contributed by atoms with Crippen LogP contribution in [0.3, 0.4) is 0 Å². The van der Waals surface area contributed by atoms with E-state index in [0.29, 0.717) is 0 Å². The van der Waals surface area contributed by atoms with E-state index in [1.807, 2.05) is 6.92 Å². The van der Waals surface area contributed by atoms with E-state index in [1.54, 1.807) is 0 Å². The number of hydrogen-bond acceptors (Lipinski definition) is 2. The molecule has 0 aromatic carbocycles. The highest BCUT2D eigenvalue weighted by molar-refractivity contribution is 7.85. The van der Waals surface area contributed by atoms with Crippen molar-refractivity contribution in [2.75, 3.05) is 6.54 Å². The molecule has 0 fully saturated rings. The zero-order valence-corrected chi connectivity index (χ0v) is 5.78. The minimum absolute atomic E-state index is 0.940. The number of nitrogens with zero attached hydrogens (tertiary/aromatic N) is 1. The molecular formula is C6H9NS. The van der Waals surface area contributed by atoms with Crippen LogP contribution in [0.15, 0.2) is 16.0 Å². The Balaban J connectivity index is 2.73. The molecule has 0 saturated carbocycles. The average Bonchev–Trinajstić information content (AvgIpc) is 1.77. The van der Waals surface area contributed by atoms with Gasteiger partial charge in [-0.25, -0.2) is 0 Å². The third-order valence-electron chi connectivity index (χ3n) is 1.19. The van der Waals surface area contributed by atoms with Crippen LogP contribution in [0.2, 0.25) is 0 Å². The first-order valence-corrected chi connectivity index (χ1v) is 3.16. The first-order valence-electron chi connectivity index (χ1n) is 2.71. The van der Waals surface area contributed by atoms with Gasteiger partial charge in [0.05, 0.1) is 0 Å². The van der Waals surface area contributed by atoms with E-state index in [-0.39, 0.29) is 0 Å². The second kappa shape index (κ2) is 2.35. The summed E-state index contributed by atoms with van der Waals surface area (Å²) in [4.78, 5) is 5.22. The molecule has 2 heteroatoms. The zero-order chi connectivity index (χ0) is 5.98. The van der Waals surface area contributed by atoms with Crippen LogP contribution in [0.1, 0.15) is 13.3 Å². The summed E-state index contributed by atoms with van der Waals surface area (Å²) in [6, 6.07) is 0. The number of rotatable bonds is 0. The highest BCUT2D eigenvalue weighted by Gasteiger charge is 1.98. The molecule has 0 bridgehead atoms. The molecule has 1 aliphatic rings. The molecule has 0 aliphatic carbocycles. The molecule has 0 unspecified atom stereocenters. The van der Waals surface area contributed by atoms with E-state index in [1.165, 1.54) is 0 Å². The van der Waals surface area contributed by atoms with Crippen molar-refractivity contribution in [3.8, 4) is 0 Å². The zero-order valence-electron chi connectivity index (χ0n) is 4.89. The van der Waals surface area contributed by atoms with Gasteiger partial charge in [0.1, 0.15) is 0 Å². The molecule has 0 radical (unpaired) electrons. The van der Waals surface area contributed by atoms with Gasteiger partial charge in [-0.15, -0.1) is 12.6 Å². The molecule has 0 spiro atoms. The quantitative estimate of drug-likeness (QED) is 0.475. The van der Waals surface area contributed by atoms with Crippen LogP contribution < -0.4 is 0 Å². The van der Waals surface area contributed by atoms with Crippen molar-refractivity contribution in [2.24, 2.45) is 4.99 Å². The number of allylic oxidation sites excluding steroid dienone is 1. The molecule has 0 N–H and O–H groups in total. The van der Waals surface area contributed by atoms with Crippen LogP contribution in [0.5, 0.6) is 0 Å². The summed E-state index contributed by atoms with van der Waals surface area (Å²) in [5, 5.41) is 0. The molecule has 1 heterocycles. The Hall–Kier alpha value is -0.240. The van der Waals surface area contributed by atoms with Gasteiger partial charge in [-0.05, 0) is 13.3 Å². The molecule has 44 valence electrons. The Labute approximate surface area is 54.9 Å². The average molecular weight is 127 g/mol. The van der Waals surface area contributed by atoms with Gasteiger partial charge in [0.15, 0.2) is 0 Å². The lowest BCUT2D eigenvalue weighted by molar-refractivity contribution is 0.989. The van der Waals surface area contributed by atoms with Crippen LogP contribution in [-0.2, 0) is 0 Å². The van der Waals surface area contributed by atoms with Gasteiger partial charge in [-0.2, -0.15) is 0 Å². The van der Waals surface area contributed by atoms with Gasteiger partial charge in [-0.3, -0.25) is 4.99 Å². The van der Waals surface area contributed by atoms with Crippen molar-refractivity contribution < 1.29 is 0 Å². The van der Waals surface area contributed by atoms with Crippen molar-refractivity contribution in [3.05, 3.63) is 11.0 Å². The lowest BCUT2D eigenvalue weighted by atomic mass is 10.2. The largest absolute Gasteiger partial charge is 0.289 e. The summed E-state index contributed by atoms with van der Waals surface area (Å²) in [6.07, 6.45) is 3.15. The van der Waals surface area contributed by atoms with E-state index >= 15 is 0 Å². The predicted molar refractivity (Wildman–Crippen MR) is 39.7 cm³/mol. The van der Waals surface area contributed by atoms with Gasteiger partial charge >= 0.3 is 0 Å². The fourth-order valence-corrected chi connectivity index (χ4v) is 0.862. The topological polar surface area (TPSA) is 12.4 Å². The van der Waals surface area contributed by atoms with E-state index in [4.69, 9.17) is 0 Å². The summed E-state index contributed by atoms with van der Waals surface area (Å²) in [5.41, 5.74) is 1.07. The number of aliphatic imine (C=N–C) groups is 1. The lowest BCUT2D eigenvalue weighted by Gasteiger charge is -2.03.